The Morgan fingerprint density at radius 1 is 1.75 bits per heavy atom. The van der Waals surface area contributed by atoms with Gasteiger partial charge in [0, 0.05) is 33.5 Å². The van der Waals surface area contributed by atoms with Gasteiger partial charge in [0.25, 0.3) is 0 Å². The van der Waals surface area contributed by atoms with E-state index in [4.69, 9.17) is 11.6 Å². The minimum Gasteiger partial charge on any atom is -0.127 e. The van der Waals surface area contributed by atoms with Crippen molar-refractivity contribution in [3.63, 3.8) is 0 Å². The predicted molar refractivity (Wildman–Crippen MR) is 16.1 cm³/mol. The first-order chi connectivity index (χ1) is 1.41. The van der Waals surface area contributed by atoms with E-state index in [-0.39, 0.29) is 27.7 Å². The molecule has 0 rings (SSSR count). The third-order valence-corrected chi connectivity index (χ3v) is 0. The van der Waals surface area contributed by atoms with Crippen molar-refractivity contribution in [1.82, 2.24) is 0 Å². The summed E-state index contributed by atoms with van der Waals surface area (Å²) in [5.74, 6) is 0.472. The normalized spacial score (nSPS) is 4.50. The van der Waals surface area contributed by atoms with Crippen molar-refractivity contribution in [1.29, 1.82) is 0 Å². The van der Waals surface area contributed by atoms with E-state index in [9.17, 15) is 0 Å². The zero-order valence-electron chi connectivity index (χ0n) is 2.50. The van der Waals surface area contributed by atoms with Gasteiger partial charge in [0.15, 0.2) is 0 Å². The number of halogens is 1. The molecule has 4 heavy (non-hydrogen) atoms. The first-order valence-corrected chi connectivity index (χ1v) is 1.30. The minimum atomic E-state index is 0. The van der Waals surface area contributed by atoms with Gasteiger partial charge in [-0.15, -0.1) is 11.6 Å². The van der Waals surface area contributed by atoms with E-state index in [1.807, 2.05) is 0 Å². The Hall–Kier alpha value is 1.23. The molecular formula is C2H4ClHg. The Balaban J connectivity index is 0. The van der Waals surface area contributed by atoms with Crippen molar-refractivity contribution in [2.75, 3.05) is 5.88 Å². The second-order valence-corrected chi connectivity index (χ2v) is 0.567. The molecule has 0 nitrogen and oxygen atoms in total. The van der Waals surface area contributed by atoms with E-state index in [1.165, 1.54) is 0 Å². The van der Waals surface area contributed by atoms with E-state index in [0.717, 1.165) is 0 Å². The third-order valence-electron chi connectivity index (χ3n) is 0. The molecule has 0 aliphatic rings. The largest absolute Gasteiger partial charge is 0.127 e. The molecule has 0 fully saturated rings. The number of alkyl halides is 1. The predicted octanol–water partition coefficient (Wildman–Crippen LogP) is 1.06. The number of hydrogen-bond donors (Lipinski definition) is 0. The smallest absolute Gasteiger partial charge is 0.0223 e. The van der Waals surface area contributed by atoms with Gasteiger partial charge in [-0.05, 0) is 6.92 Å². The van der Waals surface area contributed by atoms with Gasteiger partial charge < -0.3 is 0 Å². The summed E-state index contributed by atoms with van der Waals surface area (Å²) in [5.41, 5.74) is 0. The Kier molecular flexibility index (Phi) is 19.9. The fourth-order valence-electron chi connectivity index (χ4n) is 0. The minimum absolute atomic E-state index is 0. The van der Waals surface area contributed by atoms with Gasteiger partial charge in [-0.2, -0.15) is 0 Å². The monoisotopic (exact) mass is 265 g/mol. The Bertz CT molecular complexity index is 6.00. The average Bonchev–Trinajstić information content (AvgIpc) is 0.918. The Labute approximate surface area is 52.0 Å². The van der Waals surface area contributed by atoms with Crippen LogP contribution in [-0.2, 0) is 27.7 Å². The molecule has 0 aromatic carbocycles. The van der Waals surface area contributed by atoms with Crippen LogP contribution in [0.5, 0.6) is 0 Å². The molecule has 0 aliphatic carbocycles. The summed E-state index contributed by atoms with van der Waals surface area (Å²) >= 11 is 4.89. The van der Waals surface area contributed by atoms with Crippen LogP contribution < -0.4 is 0 Å². The topological polar surface area (TPSA) is 0 Å². The quantitative estimate of drug-likeness (QED) is 0.453. The SMILES string of the molecule is [CH2]CCl.[Hg]. The van der Waals surface area contributed by atoms with Gasteiger partial charge in [-0.3, -0.25) is 0 Å². The van der Waals surface area contributed by atoms with Gasteiger partial charge in [0.2, 0.25) is 0 Å². The Morgan fingerprint density at radius 3 is 1.75 bits per heavy atom. The van der Waals surface area contributed by atoms with Crippen molar-refractivity contribution >= 4 is 11.6 Å². The molecule has 2 heteroatoms. The van der Waals surface area contributed by atoms with Crippen molar-refractivity contribution in [2.24, 2.45) is 0 Å². The van der Waals surface area contributed by atoms with Crippen LogP contribution in [-0.4, -0.2) is 5.88 Å². The molecule has 0 amide bonds. The summed E-state index contributed by atoms with van der Waals surface area (Å²) in [6, 6.07) is 0. The fourth-order valence-corrected chi connectivity index (χ4v) is 0. The van der Waals surface area contributed by atoms with Crippen LogP contribution in [0.4, 0.5) is 0 Å². The van der Waals surface area contributed by atoms with E-state index in [2.05, 4.69) is 6.92 Å². The van der Waals surface area contributed by atoms with E-state index in [1.54, 1.807) is 0 Å². The van der Waals surface area contributed by atoms with Crippen LogP contribution in [0.25, 0.3) is 0 Å². The molecule has 0 saturated heterocycles. The molecule has 0 atom stereocenters. The van der Waals surface area contributed by atoms with Gasteiger partial charge >= 0.3 is 0 Å². The zero-order valence-corrected chi connectivity index (χ0v) is 8.75. The first-order valence-electron chi connectivity index (χ1n) is 0.767. The Morgan fingerprint density at radius 2 is 1.75 bits per heavy atom. The molecule has 0 aliphatic heterocycles. The molecule has 0 heterocycles. The van der Waals surface area contributed by atoms with Crippen molar-refractivity contribution in [3.05, 3.63) is 6.92 Å². The summed E-state index contributed by atoms with van der Waals surface area (Å²) in [6.45, 7) is 3.25. The van der Waals surface area contributed by atoms with Crippen LogP contribution in [0, 0.1) is 6.92 Å². The molecule has 0 bridgehead atoms. The number of rotatable bonds is 0. The fraction of sp³-hybridized carbons (Fsp3) is 0.500. The average molecular weight is 264 g/mol. The number of hydrogen-bond acceptors (Lipinski definition) is 0. The van der Waals surface area contributed by atoms with Crippen LogP contribution in [0.3, 0.4) is 0 Å². The zero-order chi connectivity index (χ0) is 2.71. The van der Waals surface area contributed by atoms with Crippen LogP contribution in [0.1, 0.15) is 0 Å². The van der Waals surface area contributed by atoms with Crippen LogP contribution in [0.15, 0.2) is 0 Å². The van der Waals surface area contributed by atoms with Crippen molar-refractivity contribution in [3.8, 4) is 0 Å². The summed E-state index contributed by atoms with van der Waals surface area (Å²) in [6.07, 6.45) is 0. The summed E-state index contributed by atoms with van der Waals surface area (Å²) in [5, 5.41) is 0. The van der Waals surface area contributed by atoms with Crippen LogP contribution in [0.2, 0.25) is 0 Å². The third kappa shape index (κ3) is 10.6. The maximum Gasteiger partial charge on any atom is 0.0223 e. The van der Waals surface area contributed by atoms with E-state index >= 15 is 0 Å². The van der Waals surface area contributed by atoms with E-state index in [0.29, 0.717) is 5.88 Å². The maximum absolute atomic E-state index is 4.89. The van der Waals surface area contributed by atoms with Crippen molar-refractivity contribution < 1.29 is 27.7 Å². The molecular weight excluding hydrogens is 260 g/mol. The van der Waals surface area contributed by atoms with Gasteiger partial charge in [-0.25, -0.2) is 0 Å². The van der Waals surface area contributed by atoms with Crippen molar-refractivity contribution in [2.45, 2.75) is 0 Å². The summed E-state index contributed by atoms with van der Waals surface area (Å²) < 4.78 is 0. The van der Waals surface area contributed by atoms with E-state index < -0.39 is 0 Å². The summed E-state index contributed by atoms with van der Waals surface area (Å²) in [4.78, 5) is 0. The first kappa shape index (κ1) is 8.97. The second-order valence-electron chi connectivity index (χ2n) is 0.189. The molecule has 0 spiro atoms. The molecule has 0 aromatic rings. The molecule has 0 N–H and O–H groups in total. The molecule has 0 aromatic heterocycles. The second kappa shape index (κ2) is 8.88. The standard InChI is InChI=1S/C2H4Cl.Hg/c1-2-3;/h1-2H2;. The maximum atomic E-state index is 4.89. The van der Waals surface area contributed by atoms with Gasteiger partial charge in [-0.1, -0.05) is 0 Å². The molecule has 1 radical (unpaired) electrons. The summed E-state index contributed by atoms with van der Waals surface area (Å²) in [7, 11) is 0. The van der Waals surface area contributed by atoms with Gasteiger partial charge in [0.05, 0.1) is 0 Å². The molecule has 21 valence electrons. The molecule has 0 saturated carbocycles. The van der Waals surface area contributed by atoms with Gasteiger partial charge in [0.1, 0.15) is 0 Å². The molecule has 0 unspecified atom stereocenters. The van der Waals surface area contributed by atoms with Crippen LogP contribution >= 0.6 is 11.6 Å².